The number of rotatable bonds is 3. The third-order valence-corrected chi connectivity index (χ3v) is 3.27. The van der Waals surface area contributed by atoms with E-state index >= 15 is 0 Å². The molecule has 0 unspecified atom stereocenters. The van der Waals surface area contributed by atoms with Crippen LogP contribution in [0.25, 0.3) is 11.0 Å². The number of aryl methyl sites for hydroxylation is 1. The standard InChI is InChI=1S/C15H15N3O2/c1-9(16-15(19)11-7-8-20-10(11)2)14-17-12-5-3-4-6-13(12)18-14/h3-9H,1-2H3,(H,16,19)(H,17,18)/t9-/m0/s1. The van der Waals surface area contributed by atoms with Gasteiger partial charge in [0.1, 0.15) is 11.6 Å². The van der Waals surface area contributed by atoms with Gasteiger partial charge in [-0.05, 0) is 32.0 Å². The lowest BCUT2D eigenvalue weighted by molar-refractivity contribution is 0.0937. The van der Waals surface area contributed by atoms with E-state index in [4.69, 9.17) is 4.42 Å². The van der Waals surface area contributed by atoms with Crippen LogP contribution in [-0.4, -0.2) is 15.9 Å². The Morgan fingerprint density at radius 3 is 2.85 bits per heavy atom. The fourth-order valence-electron chi connectivity index (χ4n) is 2.14. The molecule has 0 spiro atoms. The van der Waals surface area contributed by atoms with E-state index in [-0.39, 0.29) is 11.9 Å². The van der Waals surface area contributed by atoms with Crippen molar-refractivity contribution in [2.24, 2.45) is 0 Å². The number of hydrogen-bond donors (Lipinski definition) is 2. The van der Waals surface area contributed by atoms with Gasteiger partial charge in [-0.1, -0.05) is 12.1 Å². The number of fused-ring (bicyclic) bond motifs is 1. The fraction of sp³-hybridized carbons (Fsp3) is 0.200. The molecule has 0 fully saturated rings. The second kappa shape index (κ2) is 4.85. The molecule has 0 saturated carbocycles. The molecule has 0 bridgehead atoms. The Labute approximate surface area is 116 Å². The highest BCUT2D eigenvalue weighted by Gasteiger charge is 2.17. The van der Waals surface area contributed by atoms with Crippen LogP contribution in [-0.2, 0) is 0 Å². The summed E-state index contributed by atoms with van der Waals surface area (Å²) >= 11 is 0. The van der Waals surface area contributed by atoms with Gasteiger partial charge < -0.3 is 14.7 Å². The maximum absolute atomic E-state index is 12.1. The first kappa shape index (κ1) is 12.5. The lowest BCUT2D eigenvalue weighted by Gasteiger charge is -2.10. The highest BCUT2D eigenvalue weighted by atomic mass is 16.3. The van der Waals surface area contributed by atoms with Crippen LogP contribution in [0.4, 0.5) is 0 Å². The summed E-state index contributed by atoms with van der Waals surface area (Å²) in [7, 11) is 0. The summed E-state index contributed by atoms with van der Waals surface area (Å²) in [4.78, 5) is 19.8. The lowest BCUT2D eigenvalue weighted by atomic mass is 10.2. The minimum absolute atomic E-state index is 0.163. The van der Waals surface area contributed by atoms with Crippen LogP contribution in [0.1, 0.15) is 34.9 Å². The van der Waals surface area contributed by atoms with Crippen molar-refractivity contribution in [3.05, 3.63) is 53.7 Å². The molecule has 2 aromatic heterocycles. The molecule has 1 aromatic carbocycles. The number of carbonyl (C=O) groups excluding carboxylic acids is 1. The Kier molecular flexibility index (Phi) is 3.02. The van der Waals surface area contributed by atoms with Crippen molar-refractivity contribution in [1.82, 2.24) is 15.3 Å². The number of nitrogens with one attached hydrogen (secondary N) is 2. The van der Waals surface area contributed by atoms with Crippen molar-refractivity contribution < 1.29 is 9.21 Å². The Morgan fingerprint density at radius 2 is 2.15 bits per heavy atom. The molecule has 0 saturated heterocycles. The zero-order valence-electron chi connectivity index (χ0n) is 11.3. The van der Waals surface area contributed by atoms with Crippen molar-refractivity contribution in [3.8, 4) is 0 Å². The van der Waals surface area contributed by atoms with Gasteiger partial charge in [-0.25, -0.2) is 4.98 Å². The maximum atomic E-state index is 12.1. The molecule has 2 N–H and O–H groups in total. The van der Waals surface area contributed by atoms with Gasteiger partial charge in [0, 0.05) is 0 Å². The summed E-state index contributed by atoms with van der Waals surface area (Å²) in [5, 5.41) is 2.91. The van der Waals surface area contributed by atoms with Crippen LogP contribution in [0.2, 0.25) is 0 Å². The molecule has 0 aliphatic rings. The molecule has 1 amide bonds. The number of para-hydroxylation sites is 2. The van der Waals surface area contributed by atoms with Crippen molar-refractivity contribution in [2.75, 3.05) is 0 Å². The van der Waals surface area contributed by atoms with E-state index in [2.05, 4.69) is 15.3 Å². The summed E-state index contributed by atoms with van der Waals surface area (Å²) in [5.74, 6) is 1.18. The number of amides is 1. The van der Waals surface area contributed by atoms with Crippen molar-refractivity contribution >= 4 is 16.9 Å². The van der Waals surface area contributed by atoms with E-state index < -0.39 is 0 Å². The van der Waals surface area contributed by atoms with E-state index in [0.29, 0.717) is 11.3 Å². The molecule has 0 aliphatic heterocycles. The van der Waals surface area contributed by atoms with Gasteiger partial charge in [0.05, 0.1) is 28.9 Å². The largest absolute Gasteiger partial charge is 0.469 e. The third-order valence-electron chi connectivity index (χ3n) is 3.27. The first-order valence-electron chi connectivity index (χ1n) is 6.45. The molecule has 20 heavy (non-hydrogen) atoms. The molecule has 3 rings (SSSR count). The van der Waals surface area contributed by atoms with E-state index in [1.807, 2.05) is 31.2 Å². The summed E-state index contributed by atoms with van der Waals surface area (Å²) in [5.41, 5.74) is 2.40. The molecule has 5 heteroatoms. The van der Waals surface area contributed by atoms with E-state index in [1.54, 1.807) is 13.0 Å². The van der Waals surface area contributed by atoms with E-state index in [9.17, 15) is 4.79 Å². The highest BCUT2D eigenvalue weighted by molar-refractivity contribution is 5.95. The molecular formula is C15H15N3O2. The van der Waals surface area contributed by atoms with Crippen LogP contribution in [0.3, 0.4) is 0 Å². The average molecular weight is 269 g/mol. The highest BCUT2D eigenvalue weighted by Crippen LogP contribution is 2.16. The van der Waals surface area contributed by atoms with Crippen molar-refractivity contribution in [2.45, 2.75) is 19.9 Å². The Hall–Kier alpha value is -2.56. The number of aromatic amines is 1. The summed E-state index contributed by atoms with van der Waals surface area (Å²) in [6.07, 6.45) is 1.51. The predicted molar refractivity (Wildman–Crippen MR) is 75.4 cm³/mol. The molecule has 3 aromatic rings. The number of imidazole rings is 1. The van der Waals surface area contributed by atoms with E-state index in [0.717, 1.165) is 16.9 Å². The van der Waals surface area contributed by atoms with Crippen molar-refractivity contribution in [1.29, 1.82) is 0 Å². The Morgan fingerprint density at radius 1 is 1.35 bits per heavy atom. The Bertz CT molecular complexity index is 724. The quantitative estimate of drug-likeness (QED) is 0.768. The van der Waals surface area contributed by atoms with Crippen LogP contribution in [0.5, 0.6) is 0 Å². The zero-order valence-corrected chi connectivity index (χ0v) is 11.3. The second-order valence-corrected chi connectivity index (χ2v) is 4.72. The molecule has 0 radical (unpaired) electrons. The predicted octanol–water partition coefficient (Wildman–Crippen LogP) is 2.96. The number of nitrogens with zero attached hydrogens (tertiary/aromatic N) is 1. The van der Waals surface area contributed by atoms with Crippen LogP contribution in [0.15, 0.2) is 41.0 Å². The second-order valence-electron chi connectivity index (χ2n) is 4.72. The van der Waals surface area contributed by atoms with E-state index in [1.165, 1.54) is 6.26 Å². The third kappa shape index (κ3) is 2.18. The first-order chi connectivity index (χ1) is 9.65. The van der Waals surface area contributed by atoms with Gasteiger partial charge in [0.25, 0.3) is 5.91 Å². The number of carbonyl (C=O) groups is 1. The molecule has 102 valence electrons. The molecule has 1 atom stereocenters. The summed E-state index contributed by atoms with van der Waals surface area (Å²) < 4.78 is 5.14. The smallest absolute Gasteiger partial charge is 0.255 e. The summed E-state index contributed by atoms with van der Waals surface area (Å²) in [6.45, 7) is 3.66. The van der Waals surface area contributed by atoms with Gasteiger partial charge in [-0.15, -0.1) is 0 Å². The number of hydrogen-bond acceptors (Lipinski definition) is 3. The molecule has 0 aliphatic carbocycles. The first-order valence-corrected chi connectivity index (χ1v) is 6.45. The SMILES string of the molecule is Cc1occc1C(=O)N[C@@H](C)c1nc2ccccc2[nH]1. The number of H-pyrrole nitrogens is 1. The lowest BCUT2D eigenvalue weighted by Crippen LogP contribution is -2.27. The minimum atomic E-state index is -0.204. The Balaban J connectivity index is 1.80. The fourth-order valence-corrected chi connectivity index (χ4v) is 2.14. The average Bonchev–Trinajstić information content (AvgIpc) is 3.04. The van der Waals surface area contributed by atoms with Crippen LogP contribution in [0, 0.1) is 6.92 Å². The van der Waals surface area contributed by atoms with Gasteiger partial charge >= 0.3 is 0 Å². The molecule has 2 heterocycles. The summed E-state index contributed by atoms with van der Waals surface area (Å²) in [6, 6.07) is 9.23. The topological polar surface area (TPSA) is 70.9 Å². The molecular weight excluding hydrogens is 254 g/mol. The van der Waals surface area contributed by atoms with Crippen molar-refractivity contribution in [3.63, 3.8) is 0 Å². The number of furan rings is 1. The molecule has 5 nitrogen and oxygen atoms in total. The number of benzene rings is 1. The minimum Gasteiger partial charge on any atom is -0.469 e. The van der Waals surface area contributed by atoms with Gasteiger partial charge in [0.2, 0.25) is 0 Å². The van der Waals surface area contributed by atoms with Gasteiger partial charge in [-0.2, -0.15) is 0 Å². The monoisotopic (exact) mass is 269 g/mol. The van der Waals surface area contributed by atoms with Gasteiger partial charge in [0.15, 0.2) is 0 Å². The maximum Gasteiger partial charge on any atom is 0.255 e. The number of aromatic nitrogens is 2. The zero-order chi connectivity index (χ0) is 14.1. The normalized spacial score (nSPS) is 12.5. The van der Waals surface area contributed by atoms with Gasteiger partial charge in [-0.3, -0.25) is 4.79 Å². The van der Waals surface area contributed by atoms with Crippen LogP contribution >= 0.6 is 0 Å². The van der Waals surface area contributed by atoms with Crippen LogP contribution < -0.4 is 5.32 Å².